The average Bonchev–Trinajstić information content (AvgIpc) is 2.38. The van der Waals surface area contributed by atoms with Crippen LogP contribution in [0, 0.1) is 17.0 Å². The normalized spacial score (nSPS) is 20.6. The first kappa shape index (κ1) is 14.9. The first-order valence-electron chi connectivity index (χ1n) is 6.76. The van der Waals surface area contributed by atoms with Crippen molar-refractivity contribution in [3.63, 3.8) is 0 Å². The van der Waals surface area contributed by atoms with Crippen LogP contribution in [-0.4, -0.2) is 29.1 Å². The van der Waals surface area contributed by atoms with Crippen LogP contribution < -0.4 is 0 Å². The quantitative estimate of drug-likeness (QED) is 0.926. The van der Waals surface area contributed by atoms with Gasteiger partial charge in [0.2, 0.25) is 0 Å². The van der Waals surface area contributed by atoms with Crippen LogP contribution in [-0.2, 0) is 4.79 Å². The van der Waals surface area contributed by atoms with Crippen molar-refractivity contribution in [3.8, 4) is 0 Å². The molecule has 1 unspecified atom stereocenters. The monoisotopic (exact) mass is 283 g/mol. The number of hydrogen-bond acceptors (Lipinski definition) is 2. The molecule has 5 heteroatoms. The molecule has 1 saturated heterocycles. The van der Waals surface area contributed by atoms with Gasteiger partial charge in [0.1, 0.15) is 11.6 Å². The maximum absolute atomic E-state index is 13.8. The molecule has 0 aromatic heterocycles. The lowest BCUT2D eigenvalue weighted by Crippen LogP contribution is -2.43. The van der Waals surface area contributed by atoms with Crippen molar-refractivity contribution in [3.05, 3.63) is 35.4 Å². The molecule has 0 bridgehead atoms. The highest BCUT2D eigenvalue weighted by atomic mass is 19.1. The van der Waals surface area contributed by atoms with Gasteiger partial charge in [-0.25, -0.2) is 8.78 Å². The number of carboxylic acids is 1. The van der Waals surface area contributed by atoms with E-state index in [9.17, 15) is 18.7 Å². The first-order chi connectivity index (χ1) is 9.33. The number of carboxylic acid groups (broad SMARTS) is 1. The van der Waals surface area contributed by atoms with Crippen molar-refractivity contribution in [2.75, 3.05) is 13.1 Å². The number of benzene rings is 1. The molecule has 1 aliphatic heterocycles. The summed E-state index contributed by atoms with van der Waals surface area (Å²) >= 11 is 0. The minimum absolute atomic E-state index is 0.186. The summed E-state index contributed by atoms with van der Waals surface area (Å²) in [5.41, 5.74) is -0.247. The smallest absolute Gasteiger partial charge is 0.309 e. The Kier molecular flexibility index (Phi) is 4.09. The van der Waals surface area contributed by atoms with Crippen molar-refractivity contribution in [2.45, 2.75) is 32.7 Å². The second-order valence-corrected chi connectivity index (χ2v) is 5.74. The molecule has 0 radical (unpaired) electrons. The van der Waals surface area contributed by atoms with Crippen LogP contribution in [0.2, 0.25) is 0 Å². The summed E-state index contributed by atoms with van der Waals surface area (Å²) in [5, 5.41) is 9.19. The van der Waals surface area contributed by atoms with E-state index >= 15 is 0 Å². The number of carbonyl (C=O) groups is 1. The van der Waals surface area contributed by atoms with Gasteiger partial charge in [-0.15, -0.1) is 0 Å². The fourth-order valence-corrected chi connectivity index (χ4v) is 2.66. The van der Waals surface area contributed by atoms with Crippen LogP contribution in [0.15, 0.2) is 18.2 Å². The molecule has 1 fully saturated rings. The Morgan fingerprint density at radius 1 is 1.35 bits per heavy atom. The third-order valence-electron chi connectivity index (χ3n) is 4.38. The van der Waals surface area contributed by atoms with Crippen molar-refractivity contribution in [2.24, 2.45) is 5.41 Å². The number of halogens is 2. The molecular formula is C15H19F2NO2. The summed E-state index contributed by atoms with van der Waals surface area (Å²) in [6, 6.07) is 3.41. The molecule has 1 N–H and O–H groups in total. The summed E-state index contributed by atoms with van der Waals surface area (Å²) in [6.07, 6.45) is 1.07. The topological polar surface area (TPSA) is 40.5 Å². The van der Waals surface area contributed by atoms with Crippen molar-refractivity contribution >= 4 is 5.97 Å². The van der Waals surface area contributed by atoms with E-state index in [0.717, 1.165) is 6.07 Å². The van der Waals surface area contributed by atoms with E-state index < -0.39 is 23.0 Å². The first-order valence-corrected chi connectivity index (χ1v) is 6.76. The fraction of sp³-hybridized carbons (Fsp3) is 0.533. The molecule has 0 amide bonds. The zero-order chi connectivity index (χ0) is 14.9. The molecule has 1 atom stereocenters. The lowest BCUT2D eigenvalue weighted by molar-refractivity contribution is -0.151. The van der Waals surface area contributed by atoms with E-state index in [2.05, 4.69) is 0 Å². The zero-order valence-corrected chi connectivity index (χ0v) is 11.7. The molecule has 2 rings (SSSR count). The largest absolute Gasteiger partial charge is 0.481 e. The van der Waals surface area contributed by atoms with Gasteiger partial charge in [0.25, 0.3) is 0 Å². The number of nitrogens with zero attached hydrogens (tertiary/aromatic N) is 1. The average molecular weight is 283 g/mol. The Morgan fingerprint density at radius 2 is 1.95 bits per heavy atom. The SMILES string of the molecule is CC(c1ccc(F)cc1F)N1CCC(C)(C(=O)O)CC1. The van der Waals surface area contributed by atoms with Gasteiger partial charge in [0.05, 0.1) is 5.41 Å². The van der Waals surface area contributed by atoms with E-state index in [1.165, 1.54) is 12.1 Å². The summed E-state index contributed by atoms with van der Waals surface area (Å²) < 4.78 is 26.7. The molecule has 1 aromatic carbocycles. The second kappa shape index (κ2) is 5.48. The Labute approximate surface area is 117 Å². The standard InChI is InChI=1S/C15H19F2NO2/c1-10(12-4-3-11(16)9-13(12)17)18-7-5-15(2,6-8-18)14(19)20/h3-4,9-10H,5-8H2,1-2H3,(H,19,20). The fourth-order valence-electron chi connectivity index (χ4n) is 2.66. The van der Waals surface area contributed by atoms with E-state index in [-0.39, 0.29) is 6.04 Å². The number of likely N-dealkylation sites (tertiary alicyclic amines) is 1. The van der Waals surface area contributed by atoms with Crippen LogP contribution >= 0.6 is 0 Å². The van der Waals surface area contributed by atoms with Crippen LogP contribution in [0.4, 0.5) is 8.78 Å². The van der Waals surface area contributed by atoms with Gasteiger partial charge in [-0.05, 0) is 45.8 Å². The lowest BCUT2D eigenvalue weighted by atomic mass is 9.80. The second-order valence-electron chi connectivity index (χ2n) is 5.74. The maximum atomic E-state index is 13.8. The van der Waals surface area contributed by atoms with Crippen LogP contribution in [0.25, 0.3) is 0 Å². The Hall–Kier alpha value is -1.49. The van der Waals surface area contributed by atoms with Gasteiger partial charge in [-0.1, -0.05) is 6.07 Å². The highest BCUT2D eigenvalue weighted by Gasteiger charge is 2.38. The molecule has 0 spiro atoms. The molecule has 20 heavy (non-hydrogen) atoms. The summed E-state index contributed by atoms with van der Waals surface area (Å²) in [5.74, 6) is -1.92. The van der Waals surface area contributed by atoms with Gasteiger partial charge in [0, 0.05) is 17.7 Å². The van der Waals surface area contributed by atoms with Crippen molar-refractivity contribution in [1.82, 2.24) is 4.90 Å². The molecule has 110 valence electrons. The minimum Gasteiger partial charge on any atom is -0.481 e. The minimum atomic E-state index is -0.780. The Balaban J connectivity index is 2.08. The van der Waals surface area contributed by atoms with Crippen molar-refractivity contribution < 1.29 is 18.7 Å². The highest BCUT2D eigenvalue weighted by Crippen LogP contribution is 2.35. The van der Waals surface area contributed by atoms with Gasteiger partial charge >= 0.3 is 5.97 Å². The van der Waals surface area contributed by atoms with Gasteiger partial charge < -0.3 is 5.11 Å². The molecule has 1 aromatic rings. The summed E-state index contributed by atoms with van der Waals surface area (Å²) in [7, 11) is 0. The van der Waals surface area contributed by atoms with Crippen LogP contribution in [0.1, 0.15) is 38.3 Å². The predicted octanol–water partition coefficient (Wildman–Crippen LogP) is 3.21. The van der Waals surface area contributed by atoms with Crippen molar-refractivity contribution in [1.29, 1.82) is 0 Å². The van der Waals surface area contributed by atoms with E-state index in [4.69, 9.17) is 0 Å². The van der Waals surface area contributed by atoms with E-state index in [0.29, 0.717) is 31.5 Å². The predicted molar refractivity (Wildman–Crippen MR) is 71.3 cm³/mol. The third-order valence-corrected chi connectivity index (χ3v) is 4.38. The molecule has 0 aliphatic carbocycles. The number of rotatable bonds is 3. The summed E-state index contributed by atoms with van der Waals surface area (Å²) in [6.45, 7) is 4.80. The van der Waals surface area contributed by atoms with Gasteiger partial charge in [-0.2, -0.15) is 0 Å². The molecule has 3 nitrogen and oxygen atoms in total. The number of piperidine rings is 1. The molecular weight excluding hydrogens is 264 g/mol. The van der Waals surface area contributed by atoms with Gasteiger partial charge in [0.15, 0.2) is 0 Å². The maximum Gasteiger partial charge on any atom is 0.309 e. The van der Waals surface area contributed by atoms with Gasteiger partial charge in [-0.3, -0.25) is 9.69 Å². The van der Waals surface area contributed by atoms with Crippen LogP contribution in [0.5, 0.6) is 0 Å². The number of aliphatic carboxylic acids is 1. The Bertz CT molecular complexity index is 511. The molecule has 1 aliphatic rings. The highest BCUT2D eigenvalue weighted by molar-refractivity contribution is 5.74. The van der Waals surface area contributed by atoms with E-state index in [1.54, 1.807) is 6.92 Å². The molecule has 0 saturated carbocycles. The summed E-state index contributed by atoms with van der Waals surface area (Å²) in [4.78, 5) is 13.2. The van der Waals surface area contributed by atoms with E-state index in [1.807, 2.05) is 11.8 Å². The van der Waals surface area contributed by atoms with Crippen LogP contribution in [0.3, 0.4) is 0 Å². The third kappa shape index (κ3) is 2.82. The Morgan fingerprint density at radius 3 is 2.45 bits per heavy atom. The zero-order valence-electron chi connectivity index (χ0n) is 11.7. The number of hydrogen-bond donors (Lipinski definition) is 1. The lowest BCUT2D eigenvalue weighted by Gasteiger charge is -2.39. The molecule has 1 heterocycles.